The highest BCUT2D eigenvalue weighted by molar-refractivity contribution is 5.81. The molecule has 0 aliphatic heterocycles. The molecule has 0 saturated heterocycles. The summed E-state index contributed by atoms with van der Waals surface area (Å²) in [6.07, 6.45) is 7.91. The van der Waals surface area contributed by atoms with Crippen LogP contribution in [-0.2, 0) is 16.0 Å². The third-order valence-corrected chi connectivity index (χ3v) is 5.12. The molecule has 1 heterocycles. The zero-order valence-electron chi connectivity index (χ0n) is 16.4. The van der Waals surface area contributed by atoms with Crippen LogP contribution in [0.15, 0.2) is 24.4 Å². The van der Waals surface area contributed by atoms with Crippen LogP contribution in [0.5, 0.6) is 0 Å². The van der Waals surface area contributed by atoms with E-state index in [4.69, 9.17) is 10.5 Å². The number of ether oxygens (including phenoxy) is 1. The molecule has 1 fully saturated rings. The van der Waals surface area contributed by atoms with Gasteiger partial charge in [0, 0.05) is 11.9 Å². The SMILES string of the molecule is CC(C)(C)OC(=O)C(N)(CC1CCCCC1)C(O)CCc1ccccn1. The molecule has 1 aromatic heterocycles. The van der Waals surface area contributed by atoms with Gasteiger partial charge in [-0.05, 0) is 58.1 Å². The van der Waals surface area contributed by atoms with Crippen molar-refractivity contribution in [1.29, 1.82) is 0 Å². The second-order valence-corrected chi connectivity index (χ2v) is 8.63. The van der Waals surface area contributed by atoms with E-state index in [-0.39, 0.29) is 0 Å². The third kappa shape index (κ3) is 6.06. The van der Waals surface area contributed by atoms with E-state index in [9.17, 15) is 9.90 Å². The molecule has 1 aromatic rings. The first-order valence-electron chi connectivity index (χ1n) is 9.81. The van der Waals surface area contributed by atoms with Gasteiger partial charge in [0.2, 0.25) is 0 Å². The molecule has 0 aromatic carbocycles. The van der Waals surface area contributed by atoms with Crippen LogP contribution in [-0.4, -0.2) is 33.3 Å². The number of aliphatic hydroxyl groups excluding tert-OH is 1. The number of pyridine rings is 1. The van der Waals surface area contributed by atoms with Crippen LogP contribution in [0.4, 0.5) is 0 Å². The van der Waals surface area contributed by atoms with E-state index in [1.54, 1.807) is 6.20 Å². The molecule has 1 saturated carbocycles. The quantitative estimate of drug-likeness (QED) is 0.726. The number of esters is 1. The van der Waals surface area contributed by atoms with E-state index in [0.717, 1.165) is 18.5 Å². The van der Waals surface area contributed by atoms with Gasteiger partial charge < -0.3 is 15.6 Å². The largest absolute Gasteiger partial charge is 0.459 e. The lowest BCUT2D eigenvalue weighted by Crippen LogP contribution is -2.60. The number of aliphatic hydroxyl groups is 1. The summed E-state index contributed by atoms with van der Waals surface area (Å²) in [5.74, 6) is -0.130. The summed E-state index contributed by atoms with van der Waals surface area (Å²) in [5, 5.41) is 10.9. The average molecular weight is 363 g/mol. The number of carbonyl (C=O) groups is 1. The molecule has 5 heteroatoms. The van der Waals surface area contributed by atoms with E-state index in [0.29, 0.717) is 25.2 Å². The molecule has 1 aliphatic rings. The van der Waals surface area contributed by atoms with Gasteiger partial charge in [0.25, 0.3) is 0 Å². The number of hydrogen-bond acceptors (Lipinski definition) is 5. The van der Waals surface area contributed by atoms with Crippen molar-refractivity contribution in [2.45, 2.75) is 89.4 Å². The Morgan fingerprint density at radius 2 is 2.00 bits per heavy atom. The first kappa shape index (κ1) is 20.8. The zero-order chi connectivity index (χ0) is 19.2. The maximum absolute atomic E-state index is 12.9. The van der Waals surface area contributed by atoms with E-state index >= 15 is 0 Å². The third-order valence-electron chi connectivity index (χ3n) is 5.12. The van der Waals surface area contributed by atoms with E-state index in [1.807, 2.05) is 39.0 Å². The van der Waals surface area contributed by atoms with Crippen LogP contribution in [0.1, 0.15) is 71.4 Å². The Kier molecular flexibility index (Phi) is 7.18. The molecule has 2 rings (SSSR count). The highest BCUT2D eigenvalue weighted by Crippen LogP contribution is 2.33. The predicted octanol–water partition coefficient (Wildman–Crippen LogP) is 3.38. The Morgan fingerprint density at radius 3 is 2.58 bits per heavy atom. The molecule has 0 bridgehead atoms. The fraction of sp³-hybridized carbons (Fsp3) is 0.714. The number of aromatic nitrogens is 1. The van der Waals surface area contributed by atoms with E-state index in [1.165, 1.54) is 19.3 Å². The van der Waals surface area contributed by atoms with Crippen LogP contribution in [0, 0.1) is 5.92 Å². The Bertz CT molecular complexity index is 564. The number of aryl methyl sites for hydroxylation is 1. The Hall–Kier alpha value is -1.46. The zero-order valence-corrected chi connectivity index (χ0v) is 16.4. The Labute approximate surface area is 157 Å². The van der Waals surface area contributed by atoms with Crippen molar-refractivity contribution >= 4 is 5.97 Å². The van der Waals surface area contributed by atoms with Crippen molar-refractivity contribution in [3.05, 3.63) is 30.1 Å². The second-order valence-electron chi connectivity index (χ2n) is 8.63. The van der Waals surface area contributed by atoms with Crippen LogP contribution in [0.25, 0.3) is 0 Å². The van der Waals surface area contributed by atoms with Crippen molar-refractivity contribution in [3.8, 4) is 0 Å². The van der Waals surface area contributed by atoms with Gasteiger partial charge in [0.15, 0.2) is 0 Å². The summed E-state index contributed by atoms with van der Waals surface area (Å²) >= 11 is 0. The second kappa shape index (κ2) is 8.96. The summed E-state index contributed by atoms with van der Waals surface area (Å²) in [5.41, 5.74) is 5.43. The van der Waals surface area contributed by atoms with Gasteiger partial charge in [-0.1, -0.05) is 38.2 Å². The molecule has 1 aliphatic carbocycles. The number of carbonyl (C=O) groups excluding carboxylic acids is 1. The van der Waals surface area contributed by atoms with Crippen LogP contribution >= 0.6 is 0 Å². The number of hydrogen-bond donors (Lipinski definition) is 2. The van der Waals surface area contributed by atoms with Gasteiger partial charge in [-0.3, -0.25) is 4.98 Å². The van der Waals surface area contributed by atoms with Crippen LogP contribution in [0.2, 0.25) is 0 Å². The minimum absolute atomic E-state index is 0.366. The first-order valence-corrected chi connectivity index (χ1v) is 9.81. The van der Waals surface area contributed by atoms with Crippen molar-refractivity contribution in [1.82, 2.24) is 4.98 Å². The van der Waals surface area contributed by atoms with Gasteiger partial charge >= 0.3 is 5.97 Å². The molecule has 146 valence electrons. The molecular formula is C21H34N2O3. The van der Waals surface area contributed by atoms with E-state index in [2.05, 4.69) is 4.98 Å². The fourth-order valence-corrected chi connectivity index (χ4v) is 3.69. The fourth-order valence-electron chi connectivity index (χ4n) is 3.69. The maximum atomic E-state index is 12.9. The average Bonchev–Trinajstić information content (AvgIpc) is 2.59. The lowest BCUT2D eigenvalue weighted by Gasteiger charge is -2.38. The smallest absolute Gasteiger partial charge is 0.329 e. The lowest BCUT2D eigenvalue weighted by atomic mass is 9.76. The van der Waals surface area contributed by atoms with Crippen LogP contribution < -0.4 is 5.73 Å². The molecule has 3 N–H and O–H groups in total. The highest BCUT2D eigenvalue weighted by atomic mass is 16.6. The molecule has 0 spiro atoms. The van der Waals surface area contributed by atoms with Crippen molar-refractivity contribution in [2.24, 2.45) is 11.7 Å². The monoisotopic (exact) mass is 362 g/mol. The van der Waals surface area contributed by atoms with Gasteiger partial charge in [-0.15, -0.1) is 0 Å². The van der Waals surface area contributed by atoms with Gasteiger partial charge in [-0.2, -0.15) is 0 Å². The summed E-state index contributed by atoms with van der Waals surface area (Å²) in [6.45, 7) is 5.48. The molecular weight excluding hydrogens is 328 g/mol. The molecule has 0 amide bonds. The minimum Gasteiger partial charge on any atom is -0.459 e. The first-order chi connectivity index (χ1) is 12.2. The summed E-state index contributed by atoms with van der Waals surface area (Å²) < 4.78 is 5.58. The number of nitrogens with zero attached hydrogens (tertiary/aromatic N) is 1. The number of rotatable bonds is 7. The predicted molar refractivity (Wildman–Crippen MR) is 103 cm³/mol. The Balaban J connectivity index is 2.10. The topological polar surface area (TPSA) is 85.4 Å². The molecule has 26 heavy (non-hydrogen) atoms. The van der Waals surface area contributed by atoms with E-state index < -0.39 is 23.2 Å². The normalized spacial score (nSPS) is 19.6. The molecule has 0 radical (unpaired) electrons. The Morgan fingerprint density at radius 1 is 1.31 bits per heavy atom. The summed E-state index contributed by atoms with van der Waals surface area (Å²) in [4.78, 5) is 17.2. The van der Waals surface area contributed by atoms with Gasteiger partial charge in [-0.25, -0.2) is 4.79 Å². The standard InChI is InChI=1S/C21H34N2O3/c1-20(2,3)26-19(25)21(22,15-16-9-5-4-6-10-16)18(24)13-12-17-11-7-8-14-23-17/h7-8,11,14,16,18,24H,4-6,9-10,12-13,15,22H2,1-3H3. The maximum Gasteiger partial charge on any atom is 0.329 e. The van der Waals surface area contributed by atoms with Crippen molar-refractivity contribution < 1.29 is 14.6 Å². The van der Waals surface area contributed by atoms with Gasteiger partial charge in [0.1, 0.15) is 11.1 Å². The minimum atomic E-state index is -1.37. The molecule has 2 unspecified atom stereocenters. The lowest BCUT2D eigenvalue weighted by molar-refractivity contribution is -0.168. The molecule has 2 atom stereocenters. The number of nitrogens with two attached hydrogens (primary N) is 1. The van der Waals surface area contributed by atoms with Crippen molar-refractivity contribution in [3.63, 3.8) is 0 Å². The summed E-state index contributed by atoms with van der Waals surface area (Å²) in [7, 11) is 0. The molecule has 5 nitrogen and oxygen atoms in total. The van der Waals surface area contributed by atoms with Crippen molar-refractivity contribution in [2.75, 3.05) is 0 Å². The van der Waals surface area contributed by atoms with Gasteiger partial charge in [0.05, 0.1) is 6.10 Å². The summed E-state index contributed by atoms with van der Waals surface area (Å²) in [6, 6.07) is 5.69. The highest BCUT2D eigenvalue weighted by Gasteiger charge is 2.45. The van der Waals surface area contributed by atoms with Crippen LogP contribution in [0.3, 0.4) is 0 Å².